The Labute approximate surface area is 166 Å². The van der Waals surface area contributed by atoms with Gasteiger partial charge in [-0.1, -0.05) is 81.5 Å². The van der Waals surface area contributed by atoms with E-state index in [0.717, 1.165) is 38.2 Å². The van der Waals surface area contributed by atoms with Gasteiger partial charge in [-0.15, -0.1) is 0 Å². The molecule has 0 heterocycles. The van der Waals surface area contributed by atoms with Crippen LogP contribution in [0.2, 0.25) is 0 Å². The number of ether oxygens (including phenoxy) is 1. The van der Waals surface area contributed by atoms with Crippen molar-refractivity contribution in [2.75, 3.05) is 13.2 Å². The van der Waals surface area contributed by atoms with Crippen LogP contribution in [0.5, 0.6) is 5.75 Å². The maximum atomic E-state index is 5.87. The topological polar surface area (TPSA) is 21.3 Å². The zero-order valence-electron chi connectivity index (χ0n) is 17.3. The van der Waals surface area contributed by atoms with Gasteiger partial charge < -0.3 is 10.1 Å². The third kappa shape index (κ3) is 9.10. The predicted molar refractivity (Wildman–Crippen MR) is 116 cm³/mol. The summed E-state index contributed by atoms with van der Waals surface area (Å²) in [5.74, 6) is 0.989. The molecule has 0 saturated heterocycles. The van der Waals surface area contributed by atoms with Crippen molar-refractivity contribution in [1.82, 2.24) is 5.32 Å². The van der Waals surface area contributed by atoms with Gasteiger partial charge in [0.15, 0.2) is 0 Å². The number of hydrogen-bond acceptors (Lipinski definition) is 2. The second-order valence-corrected chi connectivity index (χ2v) is 7.45. The lowest BCUT2D eigenvalue weighted by atomic mass is 10.1. The van der Waals surface area contributed by atoms with Crippen LogP contribution < -0.4 is 10.1 Å². The van der Waals surface area contributed by atoms with Crippen molar-refractivity contribution in [1.29, 1.82) is 0 Å². The molecule has 1 unspecified atom stereocenters. The van der Waals surface area contributed by atoms with Crippen molar-refractivity contribution in [3.8, 4) is 5.75 Å². The molecule has 0 aliphatic rings. The third-order valence-corrected chi connectivity index (χ3v) is 5.08. The minimum atomic E-state index is 0.369. The molecule has 0 radical (unpaired) electrons. The molecule has 0 fully saturated rings. The summed E-state index contributed by atoms with van der Waals surface area (Å²) in [6, 6.07) is 19.7. The Hall–Kier alpha value is -1.80. The molecular formula is C25H37NO. The van der Waals surface area contributed by atoms with E-state index in [9.17, 15) is 0 Å². The number of nitrogens with one attached hydrogen (secondary N) is 1. The SMILES string of the molecule is CCCCCCCCOc1ccc(C(C)NCCCc2ccccc2)cc1. The van der Waals surface area contributed by atoms with Crippen LogP contribution in [0.3, 0.4) is 0 Å². The van der Waals surface area contributed by atoms with E-state index in [0.29, 0.717) is 6.04 Å². The summed E-state index contributed by atoms with van der Waals surface area (Å²) in [5, 5.41) is 3.62. The van der Waals surface area contributed by atoms with Gasteiger partial charge >= 0.3 is 0 Å². The number of unbranched alkanes of at least 4 members (excludes halogenated alkanes) is 5. The van der Waals surface area contributed by atoms with Crippen LogP contribution in [0.15, 0.2) is 54.6 Å². The second-order valence-electron chi connectivity index (χ2n) is 7.45. The van der Waals surface area contributed by atoms with E-state index >= 15 is 0 Å². The largest absolute Gasteiger partial charge is 0.494 e. The van der Waals surface area contributed by atoms with Crippen molar-refractivity contribution in [2.24, 2.45) is 0 Å². The van der Waals surface area contributed by atoms with E-state index in [1.807, 2.05) is 0 Å². The van der Waals surface area contributed by atoms with Crippen LogP contribution >= 0.6 is 0 Å². The molecule has 0 aromatic heterocycles. The lowest BCUT2D eigenvalue weighted by Crippen LogP contribution is -2.20. The fraction of sp³-hybridized carbons (Fsp3) is 0.520. The molecule has 1 N–H and O–H groups in total. The van der Waals surface area contributed by atoms with Crippen LogP contribution in [0.4, 0.5) is 0 Å². The summed E-state index contributed by atoms with van der Waals surface area (Å²) in [4.78, 5) is 0. The first-order valence-electron chi connectivity index (χ1n) is 10.8. The Morgan fingerprint density at radius 2 is 1.52 bits per heavy atom. The molecule has 1 atom stereocenters. The average molecular weight is 368 g/mol. The van der Waals surface area contributed by atoms with Gasteiger partial charge in [0.25, 0.3) is 0 Å². The highest BCUT2D eigenvalue weighted by Crippen LogP contribution is 2.18. The maximum absolute atomic E-state index is 5.87. The van der Waals surface area contributed by atoms with Crippen LogP contribution in [-0.2, 0) is 6.42 Å². The van der Waals surface area contributed by atoms with Crippen LogP contribution in [0.25, 0.3) is 0 Å². The predicted octanol–water partition coefficient (Wildman–Crippen LogP) is 6.71. The van der Waals surface area contributed by atoms with Crippen LogP contribution in [0.1, 0.15) is 76.0 Å². The molecule has 2 aromatic carbocycles. The summed E-state index contributed by atoms with van der Waals surface area (Å²) < 4.78 is 5.87. The first-order chi connectivity index (χ1) is 13.3. The highest BCUT2D eigenvalue weighted by molar-refractivity contribution is 5.29. The number of hydrogen-bond donors (Lipinski definition) is 1. The maximum Gasteiger partial charge on any atom is 0.119 e. The van der Waals surface area contributed by atoms with E-state index in [-0.39, 0.29) is 0 Å². The van der Waals surface area contributed by atoms with Gasteiger partial charge in [0.05, 0.1) is 6.61 Å². The molecule has 2 heteroatoms. The zero-order chi connectivity index (χ0) is 19.2. The average Bonchev–Trinajstić information content (AvgIpc) is 2.71. The normalized spacial score (nSPS) is 12.1. The molecule has 2 rings (SSSR count). The molecule has 0 bridgehead atoms. The highest BCUT2D eigenvalue weighted by atomic mass is 16.5. The lowest BCUT2D eigenvalue weighted by molar-refractivity contribution is 0.304. The van der Waals surface area contributed by atoms with Crippen molar-refractivity contribution in [2.45, 2.75) is 71.3 Å². The monoisotopic (exact) mass is 367 g/mol. The summed E-state index contributed by atoms with van der Waals surface area (Å²) in [5.41, 5.74) is 2.74. The molecule has 27 heavy (non-hydrogen) atoms. The third-order valence-electron chi connectivity index (χ3n) is 5.08. The zero-order valence-corrected chi connectivity index (χ0v) is 17.3. The molecule has 0 saturated carbocycles. The minimum Gasteiger partial charge on any atom is -0.494 e. The molecule has 2 aromatic rings. The Bertz CT molecular complexity index is 593. The minimum absolute atomic E-state index is 0.369. The molecule has 0 amide bonds. The van der Waals surface area contributed by atoms with E-state index in [1.165, 1.54) is 43.2 Å². The summed E-state index contributed by atoms with van der Waals surface area (Å²) in [7, 11) is 0. The molecule has 0 aliphatic carbocycles. The van der Waals surface area contributed by atoms with Crippen molar-refractivity contribution < 1.29 is 4.74 Å². The molecule has 0 aliphatic heterocycles. The van der Waals surface area contributed by atoms with Gasteiger partial charge in [-0.2, -0.15) is 0 Å². The van der Waals surface area contributed by atoms with Gasteiger partial charge in [-0.25, -0.2) is 0 Å². The first kappa shape index (κ1) is 21.5. The van der Waals surface area contributed by atoms with Gasteiger partial charge in [-0.05, 0) is 56.0 Å². The molecule has 148 valence electrons. The Kier molecular flexibility index (Phi) is 10.7. The van der Waals surface area contributed by atoms with Crippen LogP contribution in [0, 0.1) is 0 Å². The number of rotatable bonds is 14. The molecule has 0 spiro atoms. The Balaban J connectivity index is 1.59. The van der Waals surface area contributed by atoms with Crippen molar-refractivity contribution in [3.05, 3.63) is 65.7 Å². The van der Waals surface area contributed by atoms with E-state index < -0.39 is 0 Å². The molecule has 2 nitrogen and oxygen atoms in total. The Morgan fingerprint density at radius 1 is 0.815 bits per heavy atom. The van der Waals surface area contributed by atoms with Crippen molar-refractivity contribution >= 4 is 0 Å². The van der Waals surface area contributed by atoms with Gasteiger partial charge in [0.2, 0.25) is 0 Å². The van der Waals surface area contributed by atoms with Gasteiger partial charge in [0.1, 0.15) is 5.75 Å². The molecular weight excluding hydrogens is 330 g/mol. The second kappa shape index (κ2) is 13.4. The fourth-order valence-electron chi connectivity index (χ4n) is 3.30. The van der Waals surface area contributed by atoms with Crippen LogP contribution in [-0.4, -0.2) is 13.2 Å². The van der Waals surface area contributed by atoms with E-state index in [2.05, 4.69) is 73.8 Å². The lowest BCUT2D eigenvalue weighted by Gasteiger charge is -2.15. The van der Waals surface area contributed by atoms with Gasteiger partial charge in [0, 0.05) is 6.04 Å². The van der Waals surface area contributed by atoms with E-state index in [1.54, 1.807) is 0 Å². The van der Waals surface area contributed by atoms with Gasteiger partial charge in [-0.3, -0.25) is 0 Å². The standard InChI is InChI=1S/C25H37NO/c1-3-4-5-6-7-11-21-27-25-18-16-24(17-19-25)22(2)26-20-12-15-23-13-9-8-10-14-23/h8-10,13-14,16-19,22,26H,3-7,11-12,15,20-21H2,1-2H3. The number of benzene rings is 2. The summed E-state index contributed by atoms with van der Waals surface area (Å²) in [6.07, 6.45) is 10.1. The Morgan fingerprint density at radius 3 is 2.26 bits per heavy atom. The van der Waals surface area contributed by atoms with E-state index in [4.69, 9.17) is 4.74 Å². The smallest absolute Gasteiger partial charge is 0.119 e. The number of aryl methyl sites for hydroxylation is 1. The van der Waals surface area contributed by atoms with Crippen molar-refractivity contribution in [3.63, 3.8) is 0 Å². The fourth-order valence-corrected chi connectivity index (χ4v) is 3.30. The summed E-state index contributed by atoms with van der Waals surface area (Å²) >= 11 is 0. The summed E-state index contributed by atoms with van der Waals surface area (Å²) in [6.45, 7) is 6.35. The highest BCUT2D eigenvalue weighted by Gasteiger charge is 2.05. The quantitative estimate of drug-likeness (QED) is 0.375. The first-order valence-corrected chi connectivity index (χ1v) is 10.8.